The van der Waals surface area contributed by atoms with Gasteiger partial charge in [-0.2, -0.15) is 0 Å². The Kier molecular flexibility index (Phi) is 292. The summed E-state index contributed by atoms with van der Waals surface area (Å²) in [7, 11) is 0. The quantitative estimate of drug-likeness (QED) is 0.406. The van der Waals surface area contributed by atoms with Crippen LogP contribution in [0.2, 0.25) is 0 Å². The van der Waals surface area contributed by atoms with Crippen molar-refractivity contribution < 1.29 is 11.0 Å². The van der Waals surface area contributed by atoms with E-state index in [4.69, 9.17) is 0 Å². The molecule has 0 amide bonds. The van der Waals surface area contributed by atoms with Crippen molar-refractivity contribution in [3.8, 4) is 0 Å². The van der Waals surface area contributed by atoms with Crippen LogP contribution in [0.25, 0.3) is 0 Å². The van der Waals surface area contributed by atoms with Gasteiger partial charge in [-0.3, -0.25) is 0 Å². The van der Waals surface area contributed by atoms with Crippen molar-refractivity contribution in [2.75, 3.05) is 0 Å². The molecule has 2 radical (unpaired) electrons. The second kappa shape index (κ2) is 30.3. The zero-order valence-electron chi connectivity index (χ0n) is 2.12. The first-order valence-electron chi connectivity index (χ1n) is 0. The maximum absolute atomic E-state index is 0. The molecule has 0 aromatic rings. The summed E-state index contributed by atoms with van der Waals surface area (Å²) < 4.78 is 0. The van der Waals surface area contributed by atoms with Crippen molar-refractivity contribution in [2.45, 2.75) is 0 Å². The SMILES string of the molecule is Cl.O.O.[KH].[SnH2]. The van der Waals surface area contributed by atoms with Crippen LogP contribution in [0.1, 0.15) is 0 Å². The molecule has 0 rings (SSSR count). The van der Waals surface area contributed by atoms with Crippen molar-refractivity contribution in [3.63, 3.8) is 0 Å². The van der Waals surface area contributed by atoms with E-state index in [1.165, 1.54) is 0 Å². The minimum atomic E-state index is 0. The molecular formula is H8ClKO2Sn. The molecule has 32 valence electrons. The van der Waals surface area contributed by atoms with Gasteiger partial charge in [0.15, 0.2) is 0 Å². The fourth-order valence-corrected chi connectivity index (χ4v) is 0. The molecule has 0 heterocycles. The molecule has 5 heavy (non-hydrogen) atoms. The number of halogens is 1. The van der Waals surface area contributed by atoms with Crippen molar-refractivity contribution in [1.29, 1.82) is 0 Å². The predicted molar refractivity (Wildman–Crippen MR) is 30.2 cm³/mol. The van der Waals surface area contributed by atoms with E-state index in [2.05, 4.69) is 0 Å². The van der Waals surface area contributed by atoms with Gasteiger partial charge in [0.2, 0.25) is 0 Å². The Morgan fingerprint density at radius 1 is 0.800 bits per heavy atom. The monoisotopic (exact) mass is 234 g/mol. The molecule has 0 fully saturated rings. The summed E-state index contributed by atoms with van der Waals surface area (Å²) in [6.07, 6.45) is 0. The van der Waals surface area contributed by atoms with Crippen LogP contribution in [0.15, 0.2) is 0 Å². The van der Waals surface area contributed by atoms with Gasteiger partial charge in [0.1, 0.15) is 0 Å². The molecule has 5 heteroatoms. The van der Waals surface area contributed by atoms with Gasteiger partial charge < -0.3 is 11.0 Å². The molecule has 0 aliphatic rings. The van der Waals surface area contributed by atoms with Crippen LogP contribution in [0.4, 0.5) is 0 Å². The maximum atomic E-state index is 0. The van der Waals surface area contributed by atoms with Crippen molar-refractivity contribution >= 4 is 87.7 Å². The molecule has 4 N–H and O–H groups in total. The predicted octanol–water partition coefficient (Wildman–Crippen LogP) is -2.79. The van der Waals surface area contributed by atoms with E-state index in [0.717, 1.165) is 0 Å². The fraction of sp³-hybridized carbons (Fsp3) is 0. The first-order chi connectivity index (χ1) is 0. The van der Waals surface area contributed by atoms with Gasteiger partial charge in [0.05, 0.1) is 0 Å². The van der Waals surface area contributed by atoms with Crippen molar-refractivity contribution in [2.24, 2.45) is 0 Å². The Morgan fingerprint density at radius 2 is 0.800 bits per heavy atom. The molecule has 2 nitrogen and oxygen atoms in total. The van der Waals surface area contributed by atoms with Gasteiger partial charge in [-0.05, 0) is 0 Å². The summed E-state index contributed by atoms with van der Waals surface area (Å²) in [5.74, 6) is 0. The van der Waals surface area contributed by atoms with Crippen LogP contribution in [0, 0.1) is 0 Å². The van der Waals surface area contributed by atoms with Crippen LogP contribution in [0.3, 0.4) is 0 Å². The van der Waals surface area contributed by atoms with E-state index in [0.29, 0.717) is 0 Å². The average Bonchev–Trinajstić information content (AvgIpc) is 0. The fourth-order valence-electron chi connectivity index (χ4n) is 0. The first kappa shape index (κ1) is 48.3. The average molecular weight is 233 g/mol. The summed E-state index contributed by atoms with van der Waals surface area (Å²) in [5.41, 5.74) is 0. The van der Waals surface area contributed by atoms with Crippen LogP contribution in [-0.2, 0) is 0 Å². The van der Waals surface area contributed by atoms with E-state index in [-0.39, 0.29) is 98.7 Å². The molecular weight excluding hydrogens is 225 g/mol. The van der Waals surface area contributed by atoms with Gasteiger partial charge >= 0.3 is 75.3 Å². The minimum absolute atomic E-state index is 0. The summed E-state index contributed by atoms with van der Waals surface area (Å²) in [6, 6.07) is 0. The molecule has 0 aliphatic carbocycles. The van der Waals surface area contributed by atoms with Crippen LogP contribution >= 0.6 is 12.4 Å². The van der Waals surface area contributed by atoms with Gasteiger partial charge in [-0.15, -0.1) is 12.4 Å². The van der Waals surface area contributed by atoms with E-state index >= 15 is 0 Å². The molecule has 0 unspecified atom stereocenters. The molecule has 0 saturated heterocycles. The van der Waals surface area contributed by atoms with Crippen molar-refractivity contribution in [1.82, 2.24) is 0 Å². The third-order valence-corrected chi connectivity index (χ3v) is 0. The summed E-state index contributed by atoms with van der Waals surface area (Å²) in [4.78, 5) is 0. The molecule has 0 spiro atoms. The van der Waals surface area contributed by atoms with E-state index in [9.17, 15) is 0 Å². The second-order valence-corrected chi connectivity index (χ2v) is 0. The zero-order chi connectivity index (χ0) is 0. The Morgan fingerprint density at radius 3 is 0.800 bits per heavy atom. The third-order valence-electron chi connectivity index (χ3n) is 0. The Labute approximate surface area is 96.5 Å². The van der Waals surface area contributed by atoms with Crippen molar-refractivity contribution in [3.05, 3.63) is 0 Å². The molecule has 0 atom stereocenters. The summed E-state index contributed by atoms with van der Waals surface area (Å²) in [6.45, 7) is 0. The third kappa shape index (κ3) is 20.5. The normalized spacial score (nSPS) is 0. The van der Waals surface area contributed by atoms with Gasteiger partial charge in [-0.25, -0.2) is 0 Å². The molecule has 0 aromatic carbocycles. The molecule has 0 aromatic heterocycles. The number of hydrogen-bond donors (Lipinski definition) is 0. The molecule has 0 saturated carbocycles. The van der Waals surface area contributed by atoms with Gasteiger partial charge in [0.25, 0.3) is 0 Å². The Bertz CT molecular complexity index is 9.61. The molecule has 0 aliphatic heterocycles. The Balaban J connectivity index is 0. The topological polar surface area (TPSA) is 63.0 Å². The van der Waals surface area contributed by atoms with Crippen LogP contribution in [-0.4, -0.2) is 86.2 Å². The van der Waals surface area contributed by atoms with E-state index in [1.807, 2.05) is 0 Å². The van der Waals surface area contributed by atoms with Crippen LogP contribution < -0.4 is 0 Å². The standard InChI is InChI=1S/ClH.K.2H2O.Sn.3H/h1H;;2*1H2;;;;. The molecule has 0 bridgehead atoms. The van der Waals surface area contributed by atoms with E-state index < -0.39 is 0 Å². The first-order valence-corrected chi connectivity index (χ1v) is 0. The van der Waals surface area contributed by atoms with Gasteiger partial charge in [0, 0.05) is 0 Å². The zero-order valence-corrected chi connectivity index (χ0v) is 6.97. The Hall–Kier alpha value is 2.65. The second-order valence-electron chi connectivity index (χ2n) is 0. The van der Waals surface area contributed by atoms with Crippen LogP contribution in [0.5, 0.6) is 0 Å². The summed E-state index contributed by atoms with van der Waals surface area (Å²) in [5, 5.41) is 0. The summed E-state index contributed by atoms with van der Waals surface area (Å²) >= 11 is 0. The van der Waals surface area contributed by atoms with E-state index in [1.54, 1.807) is 0 Å². The number of hydrogen-bond acceptors (Lipinski definition) is 0. The van der Waals surface area contributed by atoms with Gasteiger partial charge in [-0.1, -0.05) is 0 Å². The number of rotatable bonds is 0.